The molecule has 1 aliphatic heterocycles. The summed E-state index contributed by atoms with van der Waals surface area (Å²) in [5.41, 5.74) is 7.38. The summed E-state index contributed by atoms with van der Waals surface area (Å²) >= 11 is 0. The van der Waals surface area contributed by atoms with E-state index in [1.807, 2.05) is 19.4 Å². The molecule has 0 aromatic carbocycles. The molecule has 2 N–H and O–H groups in total. The van der Waals surface area contributed by atoms with Gasteiger partial charge >= 0.3 is 0 Å². The molecule has 104 valence electrons. The van der Waals surface area contributed by atoms with Crippen molar-refractivity contribution in [2.24, 2.45) is 12.8 Å². The van der Waals surface area contributed by atoms with Gasteiger partial charge in [0.15, 0.2) is 6.10 Å². The molecule has 1 fully saturated rings. The molecule has 1 saturated heterocycles. The molecule has 0 spiro atoms. The first kappa shape index (κ1) is 14.0. The Morgan fingerprint density at radius 3 is 3.05 bits per heavy atom. The molecular weight excluding hydrogens is 242 g/mol. The fraction of sp³-hybridized carbons (Fsp3) is 0.692. The van der Waals surface area contributed by atoms with E-state index in [2.05, 4.69) is 23.0 Å². The van der Waals surface area contributed by atoms with Gasteiger partial charge in [-0.1, -0.05) is 6.92 Å². The van der Waals surface area contributed by atoms with E-state index < -0.39 is 0 Å². The minimum absolute atomic E-state index is 0.0293. The molecule has 3 atom stereocenters. The lowest BCUT2D eigenvalue weighted by Crippen LogP contribution is -2.48. The zero-order valence-corrected chi connectivity index (χ0v) is 11.5. The van der Waals surface area contributed by atoms with Crippen molar-refractivity contribution in [3.05, 3.63) is 18.0 Å². The van der Waals surface area contributed by atoms with Gasteiger partial charge in [-0.3, -0.25) is 9.58 Å². The molecule has 1 aliphatic rings. The van der Waals surface area contributed by atoms with E-state index in [0.29, 0.717) is 13.2 Å². The summed E-state index contributed by atoms with van der Waals surface area (Å²) in [5, 5.41) is 13.2. The summed E-state index contributed by atoms with van der Waals surface area (Å²) in [6.45, 7) is 4.05. The summed E-state index contributed by atoms with van der Waals surface area (Å²) in [6, 6.07) is 2.30. The van der Waals surface area contributed by atoms with Crippen LogP contribution in [0.15, 0.2) is 12.4 Å². The van der Waals surface area contributed by atoms with Gasteiger partial charge in [0.2, 0.25) is 0 Å². The van der Waals surface area contributed by atoms with Crippen LogP contribution in [-0.2, 0) is 11.8 Å². The first-order valence-electron chi connectivity index (χ1n) is 6.65. The smallest absolute Gasteiger partial charge is 0.156 e. The molecule has 0 aliphatic carbocycles. The predicted octanol–water partition coefficient (Wildman–Crippen LogP) is 0.423. The molecule has 2 heterocycles. The van der Waals surface area contributed by atoms with Crippen molar-refractivity contribution in [3.8, 4) is 6.07 Å². The van der Waals surface area contributed by atoms with Crippen LogP contribution in [0.4, 0.5) is 0 Å². The highest BCUT2D eigenvalue weighted by molar-refractivity contribution is 5.14. The van der Waals surface area contributed by atoms with Crippen LogP contribution in [0.25, 0.3) is 0 Å². The maximum atomic E-state index is 9.01. The number of ether oxygens (including phenoxy) is 1. The van der Waals surface area contributed by atoms with Gasteiger partial charge in [0.25, 0.3) is 0 Å². The third-order valence-corrected chi connectivity index (χ3v) is 3.58. The molecule has 19 heavy (non-hydrogen) atoms. The number of hydrogen-bond acceptors (Lipinski definition) is 5. The zero-order chi connectivity index (χ0) is 13.8. The molecule has 1 aromatic heterocycles. The van der Waals surface area contributed by atoms with Crippen molar-refractivity contribution in [1.29, 1.82) is 5.26 Å². The van der Waals surface area contributed by atoms with Gasteiger partial charge in [0.05, 0.1) is 24.9 Å². The molecule has 0 amide bonds. The second-order valence-corrected chi connectivity index (χ2v) is 4.95. The number of hydrogen-bond donors (Lipinski definition) is 1. The van der Waals surface area contributed by atoms with Crippen LogP contribution in [0.5, 0.6) is 0 Å². The summed E-state index contributed by atoms with van der Waals surface area (Å²) < 4.78 is 7.18. The van der Waals surface area contributed by atoms with Gasteiger partial charge < -0.3 is 10.5 Å². The molecule has 0 bridgehead atoms. The first-order chi connectivity index (χ1) is 9.15. The molecule has 1 aromatic rings. The monoisotopic (exact) mass is 263 g/mol. The third kappa shape index (κ3) is 3.13. The van der Waals surface area contributed by atoms with E-state index in [-0.39, 0.29) is 18.2 Å². The lowest BCUT2D eigenvalue weighted by molar-refractivity contribution is -0.0222. The number of nitrogens with two attached hydrogens (primary N) is 1. The first-order valence-corrected chi connectivity index (χ1v) is 6.65. The highest BCUT2D eigenvalue weighted by Gasteiger charge is 2.31. The number of nitrogens with zero attached hydrogens (tertiary/aromatic N) is 4. The van der Waals surface area contributed by atoms with E-state index in [0.717, 1.165) is 18.5 Å². The minimum Gasteiger partial charge on any atom is -0.361 e. The van der Waals surface area contributed by atoms with Crippen LogP contribution >= 0.6 is 0 Å². The van der Waals surface area contributed by atoms with E-state index in [9.17, 15) is 0 Å². The van der Waals surface area contributed by atoms with Crippen molar-refractivity contribution >= 4 is 0 Å². The van der Waals surface area contributed by atoms with E-state index in [4.69, 9.17) is 15.7 Å². The molecule has 3 unspecified atom stereocenters. The van der Waals surface area contributed by atoms with Gasteiger partial charge in [0.1, 0.15) is 0 Å². The number of morpholine rings is 1. The molecule has 0 saturated carbocycles. The Morgan fingerprint density at radius 1 is 1.68 bits per heavy atom. The number of aryl methyl sites for hydroxylation is 1. The maximum absolute atomic E-state index is 9.01. The quantitative estimate of drug-likeness (QED) is 0.851. The van der Waals surface area contributed by atoms with Crippen LogP contribution in [0.1, 0.15) is 24.9 Å². The summed E-state index contributed by atoms with van der Waals surface area (Å²) in [5.74, 6) is 0. The Morgan fingerprint density at radius 2 is 2.47 bits per heavy atom. The van der Waals surface area contributed by atoms with E-state index >= 15 is 0 Å². The van der Waals surface area contributed by atoms with Crippen molar-refractivity contribution in [2.45, 2.75) is 31.5 Å². The number of rotatable bonds is 4. The predicted molar refractivity (Wildman–Crippen MR) is 71.1 cm³/mol. The van der Waals surface area contributed by atoms with Crippen molar-refractivity contribution in [1.82, 2.24) is 14.7 Å². The maximum Gasteiger partial charge on any atom is 0.156 e. The summed E-state index contributed by atoms with van der Waals surface area (Å²) in [6.07, 6.45) is 4.37. The average molecular weight is 263 g/mol. The van der Waals surface area contributed by atoms with Crippen molar-refractivity contribution in [2.75, 3.05) is 19.7 Å². The Bertz CT molecular complexity index is 452. The standard InChI is InChI=1S/C13H21N5O/c1-3-12(15)13(10-7-16-17(2)8-10)18-4-5-19-11(6-14)9-18/h7-8,11-13H,3-5,9,15H2,1-2H3. The minimum atomic E-state index is -0.364. The average Bonchev–Trinajstić information content (AvgIpc) is 2.85. The fourth-order valence-corrected chi connectivity index (χ4v) is 2.54. The second-order valence-electron chi connectivity index (χ2n) is 4.95. The highest BCUT2D eigenvalue weighted by atomic mass is 16.5. The van der Waals surface area contributed by atoms with Gasteiger partial charge in [-0.15, -0.1) is 0 Å². The number of aromatic nitrogens is 2. The lowest BCUT2D eigenvalue weighted by atomic mass is 9.98. The molecule has 2 rings (SSSR count). The normalized spacial score (nSPS) is 23.8. The molecule has 6 heteroatoms. The van der Waals surface area contributed by atoms with Crippen molar-refractivity contribution in [3.63, 3.8) is 0 Å². The van der Waals surface area contributed by atoms with Crippen LogP contribution in [0, 0.1) is 11.3 Å². The fourth-order valence-electron chi connectivity index (χ4n) is 2.54. The third-order valence-electron chi connectivity index (χ3n) is 3.58. The van der Waals surface area contributed by atoms with Crippen molar-refractivity contribution < 1.29 is 4.74 Å². The number of nitriles is 1. The molecular formula is C13H21N5O. The van der Waals surface area contributed by atoms with Gasteiger partial charge in [-0.25, -0.2) is 0 Å². The van der Waals surface area contributed by atoms with E-state index in [1.165, 1.54) is 0 Å². The largest absolute Gasteiger partial charge is 0.361 e. The van der Waals surface area contributed by atoms with Gasteiger partial charge in [-0.05, 0) is 6.42 Å². The zero-order valence-electron chi connectivity index (χ0n) is 11.5. The Balaban J connectivity index is 2.20. The molecule has 0 radical (unpaired) electrons. The van der Waals surface area contributed by atoms with Crippen LogP contribution in [0.2, 0.25) is 0 Å². The summed E-state index contributed by atoms with van der Waals surface area (Å²) in [4.78, 5) is 2.24. The highest BCUT2D eigenvalue weighted by Crippen LogP contribution is 2.26. The topological polar surface area (TPSA) is 80.1 Å². The Labute approximate surface area is 113 Å². The van der Waals surface area contributed by atoms with E-state index in [1.54, 1.807) is 4.68 Å². The van der Waals surface area contributed by atoms with Crippen LogP contribution < -0.4 is 5.73 Å². The van der Waals surface area contributed by atoms with Crippen LogP contribution in [-0.4, -0.2) is 46.5 Å². The van der Waals surface area contributed by atoms with Gasteiger partial charge in [0, 0.05) is 37.9 Å². The lowest BCUT2D eigenvalue weighted by Gasteiger charge is -2.38. The van der Waals surface area contributed by atoms with Gasteiger partial charge in [-0.2, -0.15) is 10.4 Å². The van der Waals surface area contributed by atoms with Crippen LogP contribution in [0.3, 0.4) is 0 Å². The second kappa shape index (κ2) is 6.15. The SMILES string of the molecule is CCC(N)C(c1cnn(C)c1)N1CCOC(C#N)C1. The molecule has 6 nitrogen and oxygen atoms in total. The Kier molecular flexibility index (Phi) is 4.53. The summed E-state index contributed by atoms with van der Waals surface area (Å²) in [7, 11) is 1.90. The Hall–Kier alpha value is -1.42.